The van der Waals surface area contributed by atoms with Crippen LogP contribution in [0.4, 0.5) is 4.79 Å². The highest BCUT2D eigenvalue weighted by atomic mass is 16.6. The maximum atomic E-state index is 11.5. The summed E-state index contributed by atoms with van der Waals surface area (Å²) in [5.41, 5.74) is 5.38. The normalized spacial score (nSPS) is 26.2. The Morgan fingerprint density at radius 3 is 2.31 bits per heavy atom. The van der Waals surface area contributed by atoms with E-state index in [0.29, 0.717) is 5.92 Å². The minimum Gasteiger partial charge on any atom is -0.446 e. The van der Waals surface area contributed by atoms with Crippen LogP contribution in [0.1, 0.15) is 46.5 Å². The molecule has 1 rings (SSSR count). The maximum Gasteiger partial charge on any atom is 0.407 e. The molecule has 0 radical (unpaired) electrons. The van der Waals surface area contributed by atoms with Gasteiger partial charge in [-0.25, -0.2) is 4.79 Å². The second kappa shape index (κ2) is 5.53. The first-order valence-corrected chi connectivity index (χ1v) is 6.09. The summed E-state index contributed by atoms with van der Waals surface area (Å²) < 4.78 is 5.37. The lowest BCUT2D eigenvalue weighted by molar-refractivity contribution is 0.0608. The smallest absolute Gasteiger partial charge is 0.407 e. The fourth-order valence-corrected chi connectivity index (χ4v) is 1.97. The van der Waals surface area contributed by atoms with Crippen molar-refractivity contribution in [3.05, 3.63) is 0 Å². The predicted molar refractivity (Wildman–Crippen MR) is 64.2 cm³/mol. The van der Waals surface area contributed by atoms with Crippen LogP contribution in [0.3, 0.4) is 0 Å². The summed E-state index contributed by atoms with van der Waals surface area (Å²) in [4.78, 5) is 11.5. The summed E-state index contributed by atoms with van der Waals surface area (Å²) in [6.07, 6.45) is 3.81. The van der Waals surface area contributed by atoms with E-state index >= 15 is 0 Å². The molecule has 0 aromatic carbocycles. The number of alkyl carbamates (subject to hydrolysis) is 1. The number of hydrogen-bond acceptors (Lipinski definition) is 3. The van der Waals surface area contributed by atoms with Crippen LogP contribution in [-0.2, 0) is 4.74 Å². The van der Waals surface area contributed by atoms with Gasteiger partial charge in [-0.15, -0.1) is 0 Å². The molecule has 0 unspecified atom stereocenters. The van der Waals surface area contributed by atoms with E-state index in [0.717, 1.165) is 32.2 Å². The van der Waals surface area contributed by atoms with E-state index in [2.05, 4.69) is 5.32 Å². The van der Waals surface area contributed by atoms with Crippen LogP contribution >= 0.6 is 0 Å². The molecule has 0 atom stereocenters. The van der Waals surface area contributed by atoms with Crippen LogP contribution in [-0.4, -0.2) is 24.3 Å². The third-order valence-corrected chi connectivity index (χ3v) is 2.88. The molecular weight excluding hydrogens is 204 g/mol. The predicted octanol–water partition coefficient (Wildman–Crippen LogP) is 2.03. The van der Waals surface area contributed by atoms with E-state index in [4.69, 9.17) is 10.5 Å². The monoisotopic (exact) mass is 228 g/mol. The highest BCUT2D eigenvalue weighted by Gasteiger charge is 2.24. The van der Waals surface area contributed by atoms with Gasteiger partial charge in [-0.05, 0) is 58.9 Å². The van der Waals surface area contributed by atoms with Crippen LogP contribution in [0.2, 0.25) is 0 Å². The number of rotatable bonds is 2. The van der Waals surface area contributed by atoms with Crippen molar-refractivity contribution in [1.82, 2.24) is 5.32 Å². The fraction of sp³-hybridized carbons (Fsp3) is 0.917. The van der Waals surface area contributed by atoms with E-state index < -0.39 is 0 Å². The molecule has 0 saturated heterocycles. The highest BCUT2D eigenvalue weighted by Crippen LogP contribution is 2.25. The third kappa shape index (κ3) is 4.84. The van der Waals surface area contributed by atoms with Crippen molar-refractivity contribution in [3.63, 3.8) is 0 Å². The topological polar surface area (TPSA) is 64.3 Å². The standard InChI is InChI=1S/C12H24N2O2/c1-12(2,3)14-11(15)16-10-6-4-9(8-13)5-7-10/h9-10H,4-8,13H2,1-3H3,(H,14,15)/t9-,10-. The quantitative estimate of drug-likeness (QED) is 0.760. The van der Waals surface area contributed by atoms with Crippen LogP contribution in [0.15, 0.2) is 0 Å². The molecule has 1 amide bonds. The van der Waals surface area contributed by atoms with Crippen LogP contribution in [0.25, 0.3) is 0 Å². The SMILES string of the molecule is CC(C)(C)NC(=O)O[C@H]1CC[C@H](CN)CC1. The lowest BCUT2D eigenvalue weighted by Gasteiger charge is -2.29. The Kier molecular flexibility index (Phi) is 4.59. The molecule has 0 aromatic heterocycles. The first-order chi connectivity index (χ1) is 7.40. The Bertz CT molecular complexity index is 228. The Morgan fingerprint density at radius 2 is 1.88 bits per heavy atom. The van der Waals surface area contributed by atoms with Crippen molar-refractivity contribution < 1.29 is 9.53 Å². The molecular formula is C12H24N2O2. The molecule has 1 aliphatic rings. The van der Waals surface area contributed by atoms with Gasteiger partial charge in [0.05, 0.1) is 0 Å². The molecule has 1 fully saturated rings. The molecule has 0 aliphatic heterocycles. The fourth-order valence-electron chi connectivity index (χ4n) is 1.97. The molecule has 1 aliphatic carbocycles. The number of hydrogen-bond donors (Lipinski definition) is 2. The number of ether oxygens (including phenoxy) is 1. The molecule has 3 N–H and O–H groups in total. The van der Waals surface area contributed by atoms with Gasteiger partial charge in [0.25, 0.3) is 0 Å². The first-order valence-electron chi connectivity index (χ1n) is 6.09. The molecule has 16 heavy (non-hydrogen) atoms. The second-order valence-corrected chi connectivity index (χ2v) is 5.66. The zero-order chi connectivity index (χ0) is 12.2. The summed E-state index contributed by atoms with van der Waals surface area (Å²) in [5, 5.41) is 2.81. The summed E-state index contributed by atoms with van der Waals surface area (Å²) in [7, 11) is 0. The van der Waals surface area contributed by atoms with Gasteiger partial charge in [-0.1, -0.05) is 0 Å². The number of nitrogens with one attached hydrogen (secondary N) is 1. The molecule has 4 heteroatoms. The number of carbonyl (C=O) groups is 1. The summed E-state index contributed by atoms with van der Waals surface area (Å²) in [6.45, 7) is 6.58. The second-order valence-electron chi connectivity index (χ2n) is 5.66. The van der Waals surface area contributed by atoms with Crippen molar-refractivity contribution >= 4 is 6.09 Å². The van der Waals surface area contributed by atoms with Gasteiger partial charge < -0.3 is 15.8 Å². The zero-order valence-corrected chi connectivity index (χ0v) is 10.6. The van der Waals surface area contributed by atoms with E-state index in [1.807, 2.05) is 20.8 Å². The number of nitrogens with two attached hydrogens (primary N) is 1. The van der Waals surface area contributed by atoms with Gasteiger partial charge in [-0.2, -0.15) is 0 Å². The van der Waals surface area contributed by atoms with Crippen molar-refractivity contribution in [3.8, 4) is 0 Å². The molecule has 0 bridgehead atoms. The van der Waals surface area contributed by atoms with Gasteiger partial charge in [0.15, 0.2) is 0 Å². The average molecular weight is 228 g/mol. The van der Waals surface area contributed by atoms with E-state index in [1.54, 1.807) is 0 Å². The minimum atomic E-state index is -0.302. The third-order valence-electron chi connectivity index (χ3n) is 2.88. The van der Waals surface area contributed by atoms with E-state index in [-0.39, 0.29) is 17.7 Å². The van der Waals surface area contributed by atoms with Gasteiger partial charge in [0.2, 0.25) is 0 Å². The largest absolute Gasteiger partial charge is 0.446 e. The Morgan fingerprint density at radius 1 is 1.31 bits per heavy atom. The van der Waals surface area contributed by atoms with Crippen LogP contribution in [0.5, 0.6) is 0 Å². The van der Waals surface area contributed by atoms with Gasteiger partial charge in [0.1, 0.15) is 6.10 Å². The van der Waals surface area contributed by atoms with Gasteiger partial charge in [-0.3, -0.25) is 0 Å². The lowest BCUT2D eigenvalue weighted by Crippen LogP contribution is -2.42. The molecule has 94 valence electrons. The van der Waals surface area contributed by atoms with Crippen LogP contribution in [0, 0.1) is 5.92 Å². The number of carbonyl (C=O) groups excluding carboxylic acids is 1. The molecule has 1 saturated carbocycles. The summed E-state index contributed by atoms with van der Waals surface area (Å²) >= 11 is 0. The highest BCUT2D eigenvalue weighted by molar-refractivity contribution is 5.68. The van der Waals surface area contributed by atoms with Crippen molar-refractivity contribution in [1.29, 1.82) is 0 Å². The van der Waals surface area contributed by atoms with Crippen LogP contribution < -0.4 is 11.1 Å². The Labute approximate surface area is 97.9 Å². The Hall–Kier alpha value is -0.770. The molecule has 0 spiro atoms. The Balaban J connectivity index is 2.26. The minimum absolute atomic E-state index is 0.0742. The first kappa shape index (κ1) is 13.3. The molecule has 0 heterocycles. The van der Waals surface area contributed by atoms with Gasteiger partial charge in [0, 0.05) is 5.54 Å². The summed E-state index contributed by atoms with van der Waals surface area (Å²) in [6, 6.07) is 0. The van der Waals surface area contributed by atoms with E-state index in [9.17, 15) is 4.79 Å². The lowest BCUT2D eigenvalue weighted by atomic mass is 9.87. The van der Waals surface area contributed by atoms with Crippen molar-refractivity contribution in [2.45, 2.75) is 58.1 Å². The number of amides is 1. The molecule has 4 nitrogen and oxygen atoms in total. The van der Waals surface area contributed by atoms with Gasteiger partial charge >= 0.3 is 6.09 Å². The van der Waals surface area contributed by atoms with Crippen molar-refractivity contribution in [2.24, 2.45) is 11.7 Å². The average Bonchev–Trinajstić information content (AvgIpc) is 2.16. The molecule has 0 aromatic rings. The van der Waals surface area contributed by atoms with Crippen molar-refractivity contribution in [2.75, 3.05) is 6.54 Å². The summed E-state index contributed by atoms with van der Waals surface area (Å²) in [5.74, 6) is 0.616. The maximum absolute atomic E-state index is 11.5. The van der Waals surface area contributed by atoms with E-state index in [1.165, 1.54) is 0 Å². The zero-order valence-electron chi connectivity index (χ0n) is 10.6.